The summed E-state index contributed by atoms with van der Waals surface area (Å²) in [5, 5.41) is 11.2. The maximum atomic E-state index is 13.4. The molecular formula is C22H28O4. The molecule has 0 unspecified atom stereocenters. The molecule has 0 radical (unpaired) electrons. The molecule has 0 amide bonds. The molecular weight excluding hydrogens is 328 g/mol. The van der Waals surface area contributed by atoms with E-state index in [1.807, 2.05) is 13.0 Å². The van der Waals surface area contributed by atoms with E-state index < -0.39 is 16.4 Å². The second-order valence-corrected chi connectivity index (χ2v) is 9.52. The van der Waals surface area contributed by atoms with Crippen LogP contribution < -0.4 is 0 Å². The summed E-state index contributed by atoms with van der Waals surface area (Å²) in [6.45, 7) is 7.61. The second kappa shape index (κ2) is 5.25. The number of hydrogen-bond acceptors (Lipinski definition) is 4. The average molecular weight is 356 g/mol. The molecule has 7 atom stereocenters. The van der Waals surface area contributed by atoms with Crippen LogP contribution in [0.25, 0.3) is 0 Å². The molecule has 4 aliphatic carbocycles. The highest BCUT2D eigenvalue weighted by Gasteiger charge is 2.68. The number of carbonyl (C=O) groups is 3. The Kier molecular flexibility index (Phi) is 3.60. The van der Waals surface area contributed by atoms with Crippen LogP contribution >= 0.6 is 0 Å². The number of carbonyl (C=O) groups excluding carboxylic acids is 3. The predicted molar refractivity (Wildman–Crippen MR) is 97.2 cm³/mol. The zero-order chi connectivity index (χ0) is 19.1. The highest BCUT2D eigenvalue weighted by molar-refractivity contribution is 6.02. The van der Waals surface area contributed by atoms with Crippen molar-refractivity contribution in [3.63, 3.8) is 0 Å². The van der Waals surface area contributed by atoms with Gasteiger partial charge in [-0.05, 0) is 56.1 Å². The van der Waals surface area contributed by atoms with Gasteiger partial charge in [-0.1, -0.05) is 32.4 Å². The van der Waals surface area contributed by atoms with E-state index in [4.69, 9.17) is 0 Å². The van der Waals surface area contributed by atoms with Crippen LogP contribution in [0.4, 0.5) is 0 Å². The molecule has 140 valence electrons. The molecule has 0 aromatic heterocycles. The number of rotatable bonds is 1. The molecule has 3 saturated carbocycles. The minimum atomic E-state index is -1.39. The van der Waals surface area contributed by atoms with Crippen molar-refractivity contribution >= 4 is 17.3 Å². The molecule has 26 heavy (non-hydrogen) atoms. The third kappa shape index (κ3) is 1.97. The Morgan fingerprint density at radius 3 is 2.62 bits per heavy atom. The van der Waals surface area contributed by atoms with Crippen LogP contribution in [0.5, 0.6) is 0 Å². The maximum absolute atomic E-state index is 13.4. The van der Waals surface area contributed by atoms with Gasteiger partial charge in [-0.3, -0.25) is 14.4 Å². The molecule has 1 N–H and O–H groups in total. The number of allylic oxidation sites excluding steroid dienone is 4. The molecule has 4 aliphatic rings. The highest BCUT2D eigenvalue weighted by Crippen LogP contribution is 2.66. The van der Waals surface area contributed by atoms with Crippen LogP contribution in [0.15, 0.2) is 23.8 Å². The highest BCUT2D eigenvalue weighted by atomic mass is 16.3. The lowest BCUT2D eigenvalue weighted by atomic mass is 9.45. The van der Waals surface area contributed by atoms with E-state index in [0.717, 1.165) is 18.4 Å². The summed E-state index contributed by atoms with van der Waals surface area (Å²) in [4.78, 5) is 37.6. The van der Waals surface area contributed by atoms with Gasteiger partial charge in [0.25, 0.3) is 0 Å². The van der Waals surface area contributed by atoms with Crippen molar-refractivity contribution in [3.8, 4) is 0 Å². The van der Waals surface area contributed by atoms with Crippen molar-refractivity contribution in [2.45, 2.75) is 59.0 Å². The first-order valence-corrected chi connectivity index (χ1v) is 9.76. The van der Waals surface area contributed by atoms with Crippen LogP contribution in [0.2, 0.25) is 0 Å². The summed E-state index contributed by atoms with van der Waals surface area (Å²) in [6.07, 6.45) is 7.57. The summed E-state index contributed by atoms with van der Waals surface area (Å²) in [5.41, 5.74) is -1.42. The largest absolute Gasteiger partial charge is 0.381 e. The van der Waals surface area contributed by atoms with Crippen LogP contribution in [0, 0.1) is 34.5 Å². The zero-order valence-corrected chi connectivity index (χ0v) is 16.0. The van der Waals surface area contributed by atoms with Gasteiger partial charge in [-0.2, -0.15) is 0 Å². The summed E-state index contributed by atoms with van der Waals surface area (Å²) >= 11 is 0. The molecule has 0 aromatic rings. The Balaban J connectivity index is 1.81. The van der Waals surface area contributed by atoms with Gasteiger partial charge in [-0.15, -0.1) is 0 Å². The topological polar surface area (TPSA) is 71.4 Å². The van der Waals surface area contributed by atoms with Crippen LogP contribution in [-0.4, -0.2) is 28.1 Å². The van der Waals surface area contributed by atoms with E-state index in [1.54, 1.807) is 12.2 Å². The first kappa shape index (κ1) is 17.8. The van der Waals surface area contributed by atoms with Crippen molar-refractivity contribution in [2.75, 3.05) is 0 Å². The smallest absolute Gasteiger partial charge is 0.178 e. The Labute approximate surface area is 154 Å². The Morgan fingerprint density at radius 2 is 1.96 bits per heavy atom. The van der Waals surface area contributed by atoms with Crippen molar-refractivity contribution in [1.29, 1.82) is 0 Å². The zero-order valence-electron chi connectivity index (χ0n) is 16.0. The van der Waals surface area contributed by atoms with Crippen molar-refractivity contribution in [3.05, 3.63) is 23.8 Å². The van der Waals surface area contributed by atoms with Gasteiger partial charge in [0.05, 0.1) is 0 Å². The molecule has 3 fully saturated rings. The van der Waals surface area contributed by atoms with Crippen LogP contribution in [0.3, 0.4) is 0 Å². The molecule has 0 aromatic carbocycles. The fourth-order valence-corrected chi connectivity index (χ4v) is 7.04. The first-order valence-electron chi connectivity index (χ1n) is 9.76. The van der Waals surface area contributed by atoms with E-state index in [2.05, 4.69) is 13.8 Å². The lowest BCUT2D eigenvalue weighted by Gasteiger charge is -2.58. The van der Waals surface area contributed by atoms with Gasteiger partial charge in [0.1, 0.15) is 11.4 Å². The fraction of sp³-hybridized carbons (Fsp3) is 0.682. The Bertz CT molecular complexity index is 777. The molecule has 0 aliphatic heterocycles. The van der Waals surface area contributed by atoms with E-state index >= 15 is 0 Å². The summed E-state index contributed by atoms with van der Waals surface area (Å²) < 4.78 is 0. The number of fused-ring (bicyclic) bond motifs is 5. The van der Waals surface area contributed by atoms with Gasteiger partial charge in [-0.25, -0.2) is 0 Å². The van der Waals surface area contributed by atoms with Crippen molar-refractivity contribution < 1.29 is 19.5 Å². The molecule has 4 nitrogen and oxygen atoms in total. The monoisotopic (exact) mass is 356 g/mol. The minimum Gasteiger partial charge on any atom is -0.381 e. The molecule has 0 saturated heterocycles. The van der Waals surface area contributed by atoms with E-state index in [1.165, 1.54) is 6.92 Å². The molecule has 0 heterocycles. The van der Waals surface area contributed by atoms with Gasteiger partial charge >= 0.3 is 0 Å². The molecule has 4 rings (SSSR count). The third-order valence-corrected chi connectivity index (χ3v) is 8.31. The summed E-state index contributed by atoms with van der Waals surface area (Å²) in [5.74, 6) is 0.276. The third-order valence-electron chi connectivity index (χ3n) is 8.31. The Morgan fingerprint density at radius 1 is 1.27 bits per heavy atom. The van der Waals surface area contributed by atoms with E-state index in [0.29, 0.717) is 6.42 Å². The fourth-order valence-electron chi connectivity index (χ4n) is 7.04. The summed E-state index contributed by atoms with van der Waals surface area (Å²) in [6, 6.07) is 0. The molecule has 0 spiro atoms. The number of ketones is 3. The van der Waals surface area contributed by atoms with E-state index in [9.17, 15) is 19.5 Å². The van der Waals surface area contributed by atoms with Gasteiger partial charge in [0.2, 0.25) is 0 Å². The number of aliphatic hydroxyl groups is 1. The standard InChI is InChI=1S/C22H28O4/c1-12-9-15-16-6-8-22(26,13(2)23)21(16,4)11-18(25)19(15)20(3)7-5-14(24)10-17(12)20/h5,7,10,12,15-16,19,26H,6,8-9,11H2,1-4H3/t12-,15+,16+,19-,20+,21+,22-/m1/s1. The number of Topliss-reactive ketones (excluding diaryl/α,β-unsaturated/α-hetero) is 2. The molecule has 4 heteroatoms. The molecule has 0 bridgehead atoms. The van der Waals surface area contributed by atoms with Gasteiger partial charge in [0.15, 0.2) is 11.6 Å². The lowest BCUT2D eigenvalue weighted by Crippen LogP contribution is -2.60. The predicted octanol–water partition coefficient (Wildman–Crippen LogP) is 3.04. The average Bonchev–Trinajstić information content (AvgIpc) is 2.81. The lowest BCUT2D eigenvalue weighted by molar-refractivity contribution is -0.166. The normalized spacial score (nSPS) is 50.0. The van der Waals surface area contributed by atoms with Crippen molar-refractivity contribution in [2.24, 2.45) is 34.5 Å². The minimum absolute atomic E-state index is 0.00249. The van der Waals surface area contributed by atoms with Crippen LogP contribution in [-0.2, 0) is 14.4 Å². The van der Waals surface area contributed by atoms with E-state index in [-0.39, 0.29) is 47.4 Å². The van der Waals surface area contributed by atoms with Crippen molar-refractivity contribution in [1.82, 2.24) is 0 Å². The van der Waals surface area contributed by atoms with Gasteiger partial charge in [0, 0.05) is 23.2 Å². The number of hydrogen-bond donors (Lipinski definition) is 1. The quantitative estimate of drug-likeness (QED) is 0.784. The summed E-state index contributed by atoms with van der Waals surface area (Å²) in [7, 11) is 0. The SMILES string of the molecule is CC(=O)[C@]1(O)CC[C@H]2[C@@H]3C[C@@H](C)C4=CC(=O)C=C[C@]4(C)[C@H]3C(=O)C[C@@]21C. The van der Waals surface area contributed by atoms with Crippen LogP contribution in [0.1, 0.15) is 53.4 Å². The first-order chi connectivity index (χ1) is 12.0. The Hall–Kier alpha value is -1.55. The second-order valence-electron chi connectivity index (χ2n) is 9.52. The maximum Gasteiger partial charge on any atom is 0.178 e. The van der Waals surface area contributed by atoms with Gasteiger partial charge < -0.3 is 5.11 Å².